The van der Waals surface area contributed by atoms with Gasteiger partial charge in [-0.2, -0.15) is 0 Å². The van der Waals surface area contributed by atoms with Crippen LogP contribution >= 0.6 is 0 Å². The normalized spacial score (nSPS) is 18.3. The third kappa shape index (κ3) is 3.81. The minimum absolute atomic E-state index is 0.0897. The summed E-state index contributed by atoms with van der Waals surface area (Å²) in [4.78, 5) is 12.3. The van der Waals surface area contributed by atoms with Gasteiger partial charge in [-0.3, -0.25) is 4.79 Å². The Morgan fingerprint density at radius 2 is 2.10 bits per heavy atom. The highest BCUT2D eigenvalue weighted by atomic mass is 32.2. The van der Waals surface area contributed by atoms with Crippen molar-refractivity contribution in [2.45, 2.75) is 12.5 Å². The molecule has 0 fully saturated rings. The molecule has 1 amide bonds. The lowest BCUT2D eigenvalue weighted by Gasteiger charge is -2.25. The summed E-state index contributed by atoms with van der Waals surface area (Å²) < 4.78 is 24.5. The topological polar surface area (TPSA) is 78.5 Å². The molecule has 0 aliphatic carbocycles. The second-order valence-electron chi connectivity index (χ2n) is 5.27. The molecule has 0 aromatic heterocycles. The highest BCUT2D eigenvalue weighted by Crippen LogP contribution is 2.23. The van der Waals surface area contributed by atoms with Crippen LogP contribution in [0.4, 0.5) is 0 Å². The van der Waals surface area contributed by atoms with E-state index in [1.165, 1.54) is 14.1 Å². The number of carbonyl (C=O) groups excluding carboxylic acids is 1. The smallest absolute Gasteiger partial charge is 0.228 e. The summed E-state index contributed by atoms with van der Waals surface area (Å²) in [6.07, 6.45) is 0. The summed E-state index contributed by atoms with van der Waals surface area (Å²) in [5, 5.41) is 5.93. The average molecular weight is 311 g/mol. The number of nitrogens with zero attached hydrogens (tertiary/aromatic N) is 1. The summed E-state index contributed by atoms with van der Waals surface area (Å²) in [6.45, 7) is 1.45. The standard InChI is InChI=1S/C14H21N3O3S/c1-17(2)21(19,20)8-7-16-14(18)13-10-15-9-11-5-3-4-6-12(11)13/h3-6,13,15H,7-10H2,1-2H3,(H,16,18). The Morgan fingerprint density at radius 3 is 2.81 bits per heavy atom. The van der Waals surface area contributed by atoms with Gasteiger partial charge < -0.3 is 10.6 Å². The van der Waals surface area contributed by atoms with E-state index in [0.29, 0.717) is 6.54 Å². The van der Waals surface area contributed by atoms with Crippen LogP contribution in [0.25, 0.3) is 0 Å². The van der Waals surface area contributed by atoms with Gasteiger partial charge in [0.05, 0.1) is 11.7 Å². The van der Waals surface area contributed by atoms with Crippen LogP contribution in [0.15, 0.2) is 24.3 Å². The molecule has 6 nitrogen and oxygen atoms in total. The van der Waals surface area contributed by atoms with E-state index in [2.05, 4.69) is 10.6 Å². The van der Waals surface area contributed by atoms with E-state index < -0.39 is 10.0 Å². The second kappa shape index (κ2) is 6.55. The largest absolute Gasteiger partial charge is 0.354 e. The van der Waals surface area contributed by atoms with Crippen molar-refractivity contribution in [2.75, 3.05) is 32.9 Å². The first-order valence-electron chi connectivity index (χ1n) is 6.88. The fourth-order valence-electron chi connectivity index (χ4n) is 2.34. The van der Waals surface area contributed by atoms with E-state index >= 15 is 0 Å². The van der Waals surface area contributed by atoms with E-state index in [0.717, 1.165) is 22.0 Å². The molecule has 0 radical (unpaired) electrons. The lowest BCUT2D eigenvalue weighted by molar-refractivity contribution is -0.122. The Bertz CT molecular complexity index is 614. The SMILES string of the molecule is CN(C)S(=O)(=O)CCNC(=O)C1CNCc2ccccc21. The van der Waals surface area contributed by atoms with Gasteiger partial charge in [0, 0.05) is 33.7 Å². The molecule has 116 valence electrons. The van der Waals surface area contributed by atoms with E-state index in [9.17, 15) is 13.2 Å². The molecule has 1 aliphatic rings. The highest BCUT2D eigenvalue weighted by molar-refractivity contribution is 7.89. The molecule has 0 spiro atoms. The number of benzene rings is 1. The van der Waals surface area contributed by atoms with Crippen LogP contribution in [-0.4, -0.2) is 51.6 Å². The van der Waals surface area contributed by atoms with Crippen LogP contribution in [0, 0.1) is 0 Å². The number of carbonyl (C=O) groups is 1. The maximum Gasteiger partial charge on any atom is 0.228 e. The van der Waals surface area contributed by atoms with Crippen LogP contribution in [0.5, 0.6) is 0 Å². The molecule has 1 aliphatic heterocycles. The molecule has 7 heteroatoms. The van der Waals surface area contributed by atoms with Gasteiger partial charge in [-0.25, -0.2) is 12.7 Å². The molecule has 2 rings (SSSR count). The molecule has 0 bridgehead atoms. The molecule has 1 unspecified atom stereocenters. The quantitative estimate of drug-likeness (QED) is 0.795. The molecular weight excluding hydrogens is 290 g/mol. The van der Waals surface area contributed by atoms with Gasteiger partial charge >= 0.3 is 0 Å². The summed E-state index contributed by atoms with van der Waals surface area (Å²) in [5.41, 5.74) is 2.13. The highest BCUT2D eigenvalue weighted by Gasteiger charge is 2.26. The van der Waals surface area contributed by atoms with Gasteiger partial charge in [-0.15, -0.1) is 0 Å². The molecule has 21 heavy (non-hydrogen) atoms. The Kier molecular flexibility index (Phi) is 4.97. The molecule has 1 atom stereocenters. The van der Waals surface area contributed by atoms with Crippen molar-refractivity contribution in [1.29, 1.82) is 0 Å². The van der Waals surface area contributed by atoms with Crippen LogP contribution in [-0.2, 0) is 21.4 Å². The maximum atomic E-state index is 12.3. The van der Waals surface area contributed by atoms with Crippen molar-refractivity contribution in [3.05, 3.63) is 35.4 Å². The minimum atomic E-state index is -3.28. The van der Waals surface area contributed by atoms with Gasteiger partial charge in [-0.1, -0.05) is 24.3 Å². The Balaban J connectivity index is 1.96. The van der Waals surface area contributed by atoms with E-state index in [-0.39, 0.29) is 24.1 Å². The van der Waals surface area contributed by atoms with Crippen LogP contribution in [0.3, 0.4) is 0 Å². The lowest BCUT2D eigenvalue weighted by Crippen LogP contribution is -2.41. The van der Waals surface area contributed by atoms with Crippen molar-refractivity contribution >= 4 is 15.9 Å². The van der Waals surface area contributed by atoms with E-state index in [4.69, 9.17) is 0 Å². The third-order valence-electron chi connectivity index (χ3n) is 3.63. The summed E-state index contributed by atoms with van der Waals surface area (Å²) in [7, 11) is -0.313. The van der Waals surface area contributed by atoms with Crippen molar-refractivity contribution in [1.82, 2.24) is 14.9 Å². The van der Waals surface area contributed by atoms with Crippen LogP contribution in [0.1, 0.15) is 17.0 Å². The number of amides is 1. The van der Waals surface area contributed by atoms with Gasteiger partial charge in [-0.05, 0) is 11.1 Å². The zero-order valence-electron chi connectivity index (χ0n) is 12.3. The molecule has 1 aromatic carbocycles. The van der Waals surface area contributed by atoms with E-state index in [1.54, 1.807) is 0 Å². The average Bonchev–Trinajstić information content (AvgIpc) is 2.46. The Labute approximate surface area is 125 Å². The summed E-state index contributed by atoms with van der Waals surface area (Å²) in [5.74, 6) is -0.492. The van der Waals surface area contributed by atoms with E-state index in [1.807, 2.05) is 24.3 Å². The predicted octanol–water partition coefficient (Wildman–Crippen LogP) is -0.119. The fourth-order valence-corrected chi connectivity index (χ4v) is 3.06. The number of fused-ring (bicyclic) bond motifs is 1. The molecular formula is C14H21N3O3S. The maximum absolute atomic E-state index is 12.3. The van der Waals surface area contributed by atoms with Crippen molar-refractivity contribution in [2.24, 2.45) is 0 Å². The van der Waals surface area contributed by atoms with Crippen molar-refractivity contribution < 1.29 is 13.2 Å². The molecule has 2 N–H and O–H groups in total. The van der Waals surface area contributed by atoms with Gasteiger partial charge in [0.2, 0.25) is 15.9 Å². The zero-order chi connectivity index (χ0) is 15.5. The van der Waals surface area contributed by atoms with Crippen LogP contribution < -0.4 is 10.6 Å². The fraction of sp³-hybridized carbons (Fsp3) is 0.500. The van der Waals surface area contributed by atoms with Gasteiger partial charge in [0.25, 0.3) is 0 Å². The monoisotopic (exact) mass is 311 g/mol. The predicted molar refractivity (Wildman–Crippen MR) is 81.4 cm³/mol. The minimum Gasteiger partial charge on any atom is -0.354 e. The van der Waals surface area contributed by atoms with Gasteiger partial charge in [0.1, 0.15) is 0 Å². The lowest BCUT2D eigenvalue weighted by atomic mass is 9.90. The Hall–Kier alpha value is -1.44. The summed E-state index contributed by atoms with van der Waals surface area (Å²) in [6, 6.07) is 7.82. The first-order chi connectivity index (χ1) is 9.92. The van der Waals surface area contributed by atoms with Gasteiger partial charge in [0.15, 0.2) is 0 Å². The number of hydrogen-bond donors (Lipinski definition) is 2. The Morgan fingerprint density at radius 1 is 1.38 bits per heavy atom. The first kappa shape index (κ1) is 15.9. The third-order valence-corrected chi connectivity index (χ3v) is 5.46. The summed E-state index contributed by atoms with van der Waals surface area (Å²) >= 11 is 0. The number of nitrogens with one attached hydrogen (secondary N) is 2. The second-order valence-corrected chi connectivity index (χ2v) is 7.57. The van der Waals surface area contributed by atoms with Crippen LogP contribution in [0.2, 0.25) is 0 Å². The molecule has 1 heterocycles. The molecule has 0 saturated carbocycles. The zero-order valence-corrected chi connectivity index (χ0v) is 13.1. The van der Waals surface area contributed by atoms with Crippen molar-refractivity contribution in [3.63, 3.8) is 0 Å². The molecule has 1 aromatic rings. The molecule has 0 saturated heterocycles. The number of hydrogen-bond acceptors (Lipinski definition) is 4. The van der Waals surface area contributed by atoms with Crippen molar-refractivity contribution in [3.8, 4) is 0 Å². The number of rotatable bonds is 5. The number of sulfonamides is 1. The first-order valence-corrected chi connectivity index (χ1v) is 8.49.